The van der Waals surface area contributed by atoms with Gasteiger partial charge in [-0.25, -0.2) is 9.55 Å². The van der Waals surface area contributed by atoms with Gasteiger partial charge in [0.25, 0.3) is 0 Å². The minimum absolute atomic E-state index is 0.0759. The van der Waals surface area contributed by atoms with Gasteiger partial charge in [-0.15, -0.1) is 0 Å². The van der Waals surface area contributed by atoms with Crippen molar-refractivity contribution in [3.05, 3.63) is 35.5 Å². The molecule has 1 N–H and O–H groups in total. The van der Waals surface area contributed by atoms with Crippen molar-refractivity contribution in [1.29, 1.82) is 0 Å². The Balaban J connectivity index is 2.19. The number of aromatic nitrogens is 3. The first-order valence-corrected chi connectivity index (χ1v) is 8.38. The third-order valence-electron chi connectivity index (χ3n) is 4.54. The van der Waals surface area contributed by atoms with Crippen LogP contribution in [0.3, 0.4) is 0 Å². The van der Waals surface area contributed by atoms with E-state index in [1.165, 1.54) is 10.6 Å². The van der Waals surface area contributed by atoms with Crippen LogP contribution < -0.4 is 5.32 Å². The highest BCUT2D eigenvalue weighted by Gasteiger charge is 2.32. The molecule has 0 atom stereocenters. The number of carbonyl (C=O) groups excluding carboxylic acids is 1. The van der Waals surface area contributed by atoms with Crippen LogP contribution >= 0.6 is 0 Å². The van der Waals surface area contributed by atoms with Crippen LogP contribution in [0.5, 0.6) is 0 Å². The minimum Gasteiger partial charge on any atom is -0.338 e. The van der Waals surface area contributed by atoms with Crippen molar-refractivity contribution < 1.29 is 22.5 Å². The van der Waals surface area contributed by atoms with Crippen LogP contribution in [0.2, 0.25) is 0 Å². The van der Waals surface area contributed by atoms with Gasteiger partial charge in [0, 0.05) is 11.5 Å². The van der Waals surface area contributed by atoms with E-state index in [4.69, 9.17) is 4.52 Å². The molecule has 3 rings (SSSR count). The first kappa shape index (κ1) is 18.9. The number of nitrogens with zero attached hydrogens (tertiary/aromatic N) is 3. The molecule has 9 heteroatoms. The zero-order chi connectivity index (χ0) is 20.0. The van der Waals surface area contributed by atoms with E-state index in [1.54, 1.807) is 26.8 Å². The summed E-state index contributed by atoms with van der Waals surface area (Å²) in [7, 11) is 0. The maximum absolute atomic E-state index is 13.1. The molecule has 0 spiro atoms. The summed E-state index contributed by atoms with van der Waals surface area (Å²) in [5.74, 6) is -0.0558. The van der Waals surface area contributed by atoms with E-state index < -0.39 is 17.2 Å². The van der Waals surface area contributed by atoms with Crippen LogP contribution in [0.15, 0.2) is 28.8 Å². The average Bonchev–Trinajstić information content (AvgIpc) is 3.15. The monoisotopic (exact) mass is 380 g/mol. The molecule has 0 fully saturated rings. The molecular formula is C18H19F3N4O2. The second kappa shape index (κ2) is 6.40. The molecule has 0 aliphatic carbocycles. The molecule has 2 aromatic heterocycles. The first-order chi connectivity index (χ1) is 12.5. The second-order valence-electron chi connectivity index (χ2n) is 6.97. The fourth-order valence-corrected chi connectivity index (χ4v) is 2.45. The van der Waals surface area contributed by atoms with Gasteiger partial charge in [0.05, 0.1) is 22.3 Å². The van der Waals surface area contributed by atoms with Crippen molar-refractivity contribution in [1.82, 2.24) is 14.7 Å². The molecule has 3 aromatic rings. The second-order valence-corrected chi connectivity index (χ2v) is 6.97. The fourth-order valence-electron chi connectivity index (χ4n) is 2.45. The third kappa shape index (κ3) is 3.54. The van der Waals surface area contributed by atoms with Crippen LogP contribution in [-0.2, 0) is 11.0 Å². The zero-order valence-electron chi connectivity index (χ0n) is 15.3. The smallest absolute Gasteiger partial charge is 0.338 e. The van der Waals surface area contributed by atoms with Gasteiger partial charge in [-0.2, -0.15) is 13.2 Å². The molecule has 0 saturated heterocycles. The molecule has 0 unspecified atom stereocenters. The van der Waals surface area contributed by atoms with Gasteiger partial charge in [0.15, 0.2) is 0 Å². The predicted octanol–water partition coefficient (Wildman–Crippen LogP) is 4.72. The van der Waals surface area contributed by atoms with Crippen molar-refractivity contribution in [3.63, 3.8) is 0 Å². The van der Waals surface area contributed by atoms with Crippen molar-refractivity contribution in [2.24, 2.45) is 5.41 Å². The normalized spacial score (nSPS) is 12.6. The van der Waals surface area contributed by atoms with Gasteiger partial charge in [0.1, 0.15) is 0 Å². The van der Waals surface area contributed by atoms with Gasteiger partial charge < -0.3 is 4.52 Å². The topological polar surface area (TPSA) is 73.0 Å². The molecule has 0 saturated carbocycles. The minimum atomic E-state index is -4.51. The maximum atomic E-state index is 13.1. The number of aryl methyl sites for hydroxylation is 1. The van der Waals surface area contributed by atoms with Gasteiger partial charge in [-0.1, -0.05) is 25.9 Å². The molecule has 0 radical (unpaired) electrons. The van der Waals surface area contributed by atoms with Gasteiger partial charge in [0.2, 0.25) is 17.7 Å². The Kier molecular flexibility index (Phi) is 4.49. The van der Waals surface area contributed by atoms with Crippen molar-refractivity contribution in [2.75, 3.05) is 5.32 Å². The van der Waals surface area contributed by atoms with Gasteiger partial charge in [-0.05, 0) is 31.5 Å². The Labute approximate surface area is 153 Å². The Morgan fingerprint density at radius 1 is 1.26 bits per heavy atom. The van der Waals surface area contributed by atoms with Crippen LogP contribution in [0.25, 0.3) is 16.9 Å². The fraction of sp³-hybridized carbons (Fsp3) is 0.389. The number of anilines is 1. The third-order valence-corrected chi connectivity index (χ3v) is 4.54. The zero-order valence-corrected chi connectivity index (χ0v) is 15.3. The largest absolute Gasteiger partial charge is 0.416 e. The number of rotatable bonds is 4. The summed E-state index contributed by atoms with van der Waals surface area (Å²) >= 11 is 0. The highest BCUT2D eigenvalue weighted by atomic mass is 19.4. The van der Waals surface area contributed by atoms with E-state index in [9.17, 15) is 18.0 Å². The van der Waals surface area contributed by atoms with Crippen molar-refractivity contribution in [2.45, 2.75) is 40.3 Å². The predicted molar refractivity (Wildman–Crippen MR) is 93.6 cm³/mol. The Hall–Kier alpha value is -2.84. The highest BCUT2D eigenvalue weighted by Crippen LogP contribution is 2.34. The number of carbonyl (C=O) groups is 1. The molecule has 2 heterocycles. The Bertz CT molecular complexity index is 1000. The lowest BCUT2D eigenvalue weighted by Gasteiger charge is -2.21. The lowest BCUT2D eigenvalue weighted by molar-refractivity contribution is -0.137. The maximum Gasteiger partial charge on any atom is 0.416 e. The molecule has 0 aliphatic heterocycles. The average molecular weight is 380 g/mol. The molecule has 0 aliphatic rings. The summed E-state index contributed by atoms with van der Waals surface area (Å²) in [5.41, 5.74) is -0.492. The molecule has 0 bridgehead atoms. The summed E-state index contributed by atoms with van der Waals surface area (Å²) < 4.78 is 46.0. The van der Waals surface area contributed by atoms with E-state index >= 15 is 0 Å². The molecule has 6 nitrogen and oxygen atoms in total. The first-order valence-electron chi connectivity index (χ1n) is 8.38. The SMILES string of the molecule is CCC(C)(C)C(=O)Nc1nc2ccc(C(F)(F)F)cc2n1-c1cc(C)no1. The summed E-state index contributed by atoms with van der Waals surface area (Å²) in [6, 6.07) is 4.74. The summed E-state index contributed by atoms with van der Waals surface area (Å²) in [6.07, 6.45) is -3.92. The van der Waals surface area contributed by atoms with Crippen LogP contribution in [0, 0.1) is 12.3 Å². The number of nitrogens with one attached hydrogen (secondary N) is 1. The number of benzene rings is 1. The quantitative estimate of drug-likeness (QED) is 0.711. The van der Waals surface area contributed by atoms with Crippen LogP contribution in [0.4, 0.5) is 19.1 Å². The molecule has 27 heavy (non-hydrogen) atoms. The van der Waals surface area contributed by atoms with Crippen LogP contribution in [-0.4, -0.2) is 20.6 Å². The number of amides is 1. The molecule has 144 valence electrons. The number of fused-ring (bicyclic) bond motifs is 1. The molecule has 1 amide bonds. The molecule has 1 aromatic carbocycles. The standard InChI is InChI=1S/C18H19F3N4O2/c1-5-17(3,4)15(26)23-16-22-12-7-6-11(18(19,20)21)9-13(12)25(16)14-8-10(2)24-27-14/h6-9H,5H2,1-4H3,(H,22,23,26). The number of imidazole rings is 1. The summed E-state index contributed by atoms with van der Waals surface area (Å²) in [4.78, 5) is 16.9. The number of alkyl halides is 3. The lowest BCUT2D eigenvalue weighted by Crippen LogP contribution is -2.31. The number of hydrogen-bond donors (Lipinski definition) is 1. The van der Waals surface area contributed by atoms with E-state index in [2.05, 4.69) is 15.5 Å². The molecular weight excluding hydrogens is 361 g/mol. The van der Waals surface area contributed by atoms with Crippen molar-refractivity contribution >= 4 is 22.9 Å². The number of halogens is 3. The van der Waals surface area contributed by atoms with E-state index in [-0.39, 0.29) is 23.3 Å². The Morgan fingerprint density at radius 2 is 1.96 bits per heavy atom. The lowest BCUT2D eigenvalue weighted by atomic mass is 9.89. The van der Waals surface area contributed by atoms with Gasteiger partial charge in [-0.3, -0.25) is 10.1 Å². The number of hydrogen-bond acceptors (Lipinski definition) is 4. The van der Waals surface area contributed by atoms with E-state index in [1.807, 2.05) is 6.92 Å². The Morgan fingerprint density at radius 3 is 2.52 bits per heavy atom. The van der Waals surface area contributed by atoms with E-state index in [0.29, 0.717) is 17.6 Å². The van der Waals surface area contributed by atoms with E-state index in [0.717, 1.165) is 12.1 Å². The summed E-state index contributed by atoms with van der Waals surface area (Å²) in [6.45, 7) is 7.11. The summed E-state index contributed by atoms with van der Waals surface area (Å²) in [5, 5.41) is 6.48. The van der Waals surface area contributed by atoms with Gasteiger partial charge >= 0.3 is 6.18 Å². The van der Waals surface area contributed by atoms with Crippen LogP contribution in [0.1, 0.15) is 38.4 Å². The van der Waals surface area contributed by atoms with Crippen molar-refractivity contribution in [3.8, 4) is 5.88 Å². The highest BCUT2D eigenvalue weighted by molar-refractivity contribution is 5.95.